The topological polar surface area (TPSA) is 24.5 Å². The van der Waals surface area contributed by atoms with Gasteiger partial charge in [0.15, 0.2) is 0 Å². The zero-order valence-electron chi connectivity index (χ0n) is 11.6. The monoisotopic (exact) mass is 280 g/mol. The first-order valence-corrected chi connectivity index (χ1v) is 7.34. The first-order chi connectivity index (χ1) is 9.06. The molecule has 0 atom stereocenters. The molecule has 1 fully saturated rings. The molecule has 0 aromatic heterocycles. The first-order valence-electron chi connectivity index (χ1n) is 6.96. The van der Waals surface area contributed by atoms with E-state index < -0.39 is 0 Å². The predicted molar refractivity (Wildman–Crippen MR) is 78.0 cm³/mol. The third kappa shape index (κ3) is 2.60. The lowest BCUT2D eigenvalue weighted by atomic mass is 9.98. The molecule has 0 bridgehead atoms. The average Bonchev–Trinajstić information content (AvgIpc) is 2.79. The first kappa shape index (κ1) is 13.2. The van der Waals surface area contributed by atoms with Crippen LogP contribution in [-0.2, 0) is 13.0 Å². The van der Waals surface area contributed by atoms with Gasteiger partial charge in [-0.3, -0.25) is 4.90 Å². The molecule has 0 saturated carbocycles. The second-order valence-corrected chi connectivity index (χ2v) is 6.50. The minimum atomic E-state index is 0.173. The normalized spacial score (nSPS) is 22.1. The number of fused-ring (bicyclic) bond motifs is 1. The van der Waals surface area contributed by atoms with Crippen molar-refractivity contribution in [3.05, 3.63) is 28.3 Å². The fraction of sp³-hybridized carbons (Fsp3) is 0.600. The molecular formula is C15H21ClN2O. The number of rotatable bonds is 2. The minimum absolute atomic E-state index is 0.173. The molecule has 2 aliphatic heterocycles. The highest BCUT2D eigenvalue weighted by atomic mass is 35.5. The molecule has 0 amide bonds. The summed E-state index contributed by atoms with van der Waals surface area (Å²) in [5, 5.41) is 4.28. The lowest BCUT2D eigenvalue weighted by Crippen LogP contribution is -2.57. The summed E-state index contributed by atoms with van der Waals surface area (Å²) in [5.41, 5.74) is 2.66. The van der Waals surface area contributed by atoms with Gasteiger partial charge < -0.3 is 10.1 Å². The van der Waals surface area contributed by atoms with Crippen molar-refractivity contribution in [1.82, 2.24) is 10.2 Å². The Bertz CT molecular complexity index is 487. The number of piperazine rings is 1. The van der Waals surface area contributed by atoms with Gasteiger partial charge in [0.2, 0.25) is 0 Å². The van der Waals surface area contributed by atoms with E-state index in [4.69, 9.17) is 16.3 Å². The molecule has 4 heteroatoms. The van der Waals surface area contributed by atoms with Crippen LogP contribution < -0.4 is 10.1 Å². The van der Waals surface area contributed by atoms with E-state index in [1.165, 1.54) is 11.1 Å². The molecule has 1 N–H and O–H groups in total. The van der Waals surface area contributed by atoms with Crippen LogP contribution >= 0.6 is 11.6 Å². The van der Waals surface area contributed by atoms with Gasteiger partial charge >= 0.3 is 0 Å². The standard InChI is InChI=1S/C15H21ClN2O/c1-15(2)10-17-4-5-18(15)9-12-8-13(16)7-11-3-6-19-14(11)12/h7-8,17H,3-6,9-10H2,1-2H3. The van der Waals surface area contributed by atoms with Gasteiger partial charge in [-0.05, 0) is 31.5 Å². The molecule has 0 spiro atoms. The molecular weight excluding hydrogens is 260 g/mol. The molecule has 19 heavy (non-hydrogen) atoms. The van der Waals surface area contributed by atoms with Crippen LogP contribution in [0, 0.1) is 0 Å². The van der Waals surface area contributed by atoms with Gasteiger partial charge in [0.25, 0.3) is 0 Å². The largest absolute Gasteiger partial charge is 0.493 e. The molecule has 2 aliphatic rings. The molecule has 3 nitrogen and oxygen atoms in total. The Hall–Kier alpha value is -0.770. The number of halogens is 1. The molecule has 1 aromatic rings. The van der Waals surface area contributed by atoms with Gasteiger partial charge in [0, 0.05) is 48.7 Å². The smallest absolute Gasteiger partial charge is 0.127 e. The van der Waals surface area contributed by atoms with E-state index >= 15 is 0 Å². The lowest BCUT2D eigenvalue weighted by Gasteiger charge is -2.43. The Morgan fingerprint density at radius 3 is 3.05 bits per heavy atom. The highest BCUT2D eigenvalue weighted by Gasteiger charge is 2.30. The van der Waals surface area contributed by atoms with Crippen molar-refractivity contribution in [2.45, 2.75) is 32.4 Å². The summed E-state index contributed by atoms with van der Waals surface area (Å²) in [6, 6.07) is 4.10. The van der Waals surface area contributed by atoms with E-state index in [1.807, 2.05) is 6.07 Å². The number of benzene rings is 1. The molecule has 1 saturated heterocycles. The molecule has 3 rings (SSSR count). The number of hydrogen-bond acceptors (Lipinski definition) is 3. The van der Waals surface area contributed by atoms with Crippen molar-refractivity contribution in [2.24, 2.45) is 0 Å². The van der Waals surface area contributed by atoms with Crippen molar-refractivity contribution in [1.29, 1.82) is 0 Å². The summed E-state index contributed by atoms with van der Waals surface area (Å²) in [6.45, 7) is 9.40. The maximum Gasteiger partial charge on any atom is 0.127 e. The maximum absolute atomic E-state index is 6.23. The van der Waals surface area contributed by atoms with Crippen LogP contribution in [0.4, 0.5) is 0 Å². The number of nitrogens with one attached hydrogen (secondary N) is 1. The van der Waals surface area contributed by atoms with Crippen molar-refractivity contribution in [3.63, 3.8) is 0 Å². The van der Waals surface area contributed by atoms with E-state index in [2.05, 4.69) is 30.1 Å². The van der Waals surface area contributed by atoms with Gasteiger partial charge in [-0.2, -0.15) is 0 Å². The summed E-state index contributed by atoms with van der Waals surface area (Å²) in [7, 11) is 0. The molecule has 2 heterocycles. The number of nitrogens with zero attached hydrogens (tertiary/aromatic N) is 1. The van der Waals surface area contributed by atoms with E-state index in [0.29, 0.717) is 0 Å². The van der Waals surface area contributed by atoms with Crippen LogP contribution in [0.2, 0.25) is 5.02 Å². The fourth-order valence-corrected chi connectivity index (χ4v) is 3.25. The highest BCUT2D eigenvalue weighted by molar-refractivity contribution is 6.30. The van der Waals surface area contributed by atoms with Crippen molar-refractivity contribution in [2.75, 3.05) is 26.2 Å². The van der Waals surface area contributed by atoms with Gasteiger partial charge in [-0.25, -0.2) is 0 Å². The second-order valence-electron chi connectivity index (χ2n) is 6.06. The Labute approximate surface area is 119 Å². The van der Waals surface area contributed by atoms with Gasteiger partial charge in [-0.15, -0.1) is 0 Å². The van der Waals surface area contributed by atoms with Crippen LogP contribution in [0.1, 0.15) is 25.0 Å². The molecule has 104 valence electrons. The second kappa shape index (κ2) is 4.97. The quantitative estimate of drug-likeness (QED) is 0.901. The van der Waals surface area contributed by atoms with E-state index in [-0.39, 0.29) is 5.54 Å². The Morgan fingerprint density at radius 1 is 1.42 bits per heavy atom. The third-order valence-corrected chi connectivity index (χ3v) is 4.38. The highest BCUT2D eigenvalue weighted by Crippen LogP contribution is 2.34. The summed E-state index contributed by atoms with van der Waals surface area (Å²) in [5.74, 6) is 1.07. The number of ether oxygens (including phenoxy) is 1. The Morgan fingerprint density at radius 2 is 2.26 bits per heavy atom. The zero-order valence-corrected chi connectivity index (χ0v) is 12.4. The Kier molecular flexibility index (Phi) is 3.46. The van der Waals surface area contributed by atoms with Crippen molar-refractivity contribution in [3.8, 4) is 5.75 Å². The van der Waals surface area contributed by atoms with Crippen LogP contribution in [0.5, 0.6) is 5.75 Å². The van der Waals surface area contributed by atoms with Crippen LogP contribution in [-0.4, -0.2) is 36.7 Å². The lowest BCUT2D eigenvalue weighted by molar-refractivity contribution is 0.0819. The number of hydrogen-bond donors (Lipinski definition) is 1. The van der Waals surface area contributed by atoms with Gasteiger partial charge in [-0.1, -0.05) is 11.6 Å². The summed E-state index contributed by atoms with van der Waals surface area (Å²) in [4.78, 5) is 2.51. The third-order valence-electron chi connectivity index (χ3n) is 4.16. The molecule has 0 radical (unpaired) electrons. The predicted octanol–water partition coefficient (Wildman–Crippen LogP) is 2.46. The zero-order chi connectivity index (χ0) is 13.5. The summed E-state index contributed by atoms with van der Waals surface area (Å²) in [6.07, 6.45) is 0.980. The van der Waals surface area contributed by atoms with Crippen molar-refractivity contribution < 1.29 is 4.74 Å². The maximum atomic E-state index is 6.23. The van der Waals surface area contributed by atoms with E-state index in [0.717, 1.165) is 50.0 Å². The average molecular weight is 281 g/mol. The Balaban J connectivity index is 1.87. The molecule has 0 unspecified atom stereocenters. The van der Waals surface area contributed by atoms with E-state index in [9.17, 15) is 0 Å². The van der Waals surface area contributed by atoms with Crippen LogP contribution in [0.25, 0.3) is 0 Å². The van der Waals surface area contributed by atoms with Crippen molar-refractivity contribution >= 4 is 11.6 Å². The SMILES string of the molecule is CC1(C)CNCCN1Cc1cc(Cl)cc2c1OCC2. The van der Waals surface area contributed by atoms with Crippen LogP contribution in [0.15, 0.2) is 12.1 Å². The molecule has 0 aliphatic carbocycles. The summed E-state index contributed by atoms with van der Waals surface area (Å²) < 4.78 is 5.79. The molecule has 1 aromatic carbocycles. The minimum Gasteiger partial charge on any atom is -0.493 e. The fourth-order valence-electron chi connectivity index (χ4n) is 2.98. The van der Waals surface area contributed by atoms with E-state index in [1.54, 1.807) is 0 Å². The summed E-state index contributed by atoms with van der Waals surface area (Å²) >= 11 is 6.23. The van der Waals surface area contributed by atoms with Gasteiger partial charge in [0.05, 0.1) is 6.61 Å². The van der Waals surface area contributed by atoms with Crippen LogP contribution in [0.3, 0.4) is 0 Å². The van der Waals surface area contributed by atoms with Gasteiger partial charge in [0.1, 0.15) is 5.75 Å².